The van der Waals surface area contributed by atoms with Crippen LogP contribution in [0.3, 0.4) is 0 Å². The molecule has 10 heteroatoms. The summed E-state index contributed by atoms with van der Waals surface area (Å²) in [4.78, 5) is 43.1. The fourth-order valence-corrected chi connectivity index (χ4v) is 5.70. The van der Waals surface area contributed by atoms with Gasteiger partial charge in [0.15, 0.2) is 0 Å². The van der Waals surface area contributed by atoms with E-state index in [1.54, 1.807) is 20.8 Å². The van der Waals surface area contributed by atoms with Gasteiger partial charge in [-0.25, -0.2) is 4.79 Å². The lowest BCUT2D eigenvalue weighted by Gasteiger charge is -2.33. The molecule has 3 fully saturated rings. The Morgan fingerprint density at radius 3 is 2.41 bits per heavy atom. The lowest BCUT2D eigenvalue weighted by atomic mass is 9.90. The first-order valence-electron chi connectivity index (χ1n) is 15.2. The predicted octanol–water partition coefficient (Wildman–Crippen LogP) is 3.44. The monoisotopic (exact) mass is 572 g/mol. The van der Waals surface area contributed by atoms with Crippen LogP contribution in [-0.2, 0) is 30.3 Å². The van der Waals surface area contributed by atoms with E-state index in [1.165, 1.54) is 29.7 Å². The van der Waals surface area contributed by atoms with Crippen molar-refractivity contribution < 1.29 is 28.6 Å². The summed E-state index contributed by atoms with van der Waals surface area (Å²) in [7, 11) is 0. The van der Waals surface area contributed by atoms with Gasteiger partial charge in [-0.3, -0.25) is 19.4 Å². The minimum Gasteiger partial charge on any atom is -0.444 e. The van der Waals surface area contributed by atoms with Crippen molar-refractivity contribution in [1.29, 1.82) is 0 Å². The number of likely N-dealkylation sites (tertiary alicyclic amines) is 1. The highest BCUT2D eigenvalue weighted by Crippen LogP contribution is 2.24. The third kappa shape index (κ3) is 9.97. The molecule has 2 heterocycles. The van der Waals surface area contributed by atoms with Gasteiger partial charge in [0.2, 0.25) is 11.8 Å². The Balaban J connectivity index is 1.32. The number of amides is 3. The van der Waals surface area contributed by atoms with Crippen LogP contribution in [0.1, 0.15) is 71.3 Å². The molecule has 2 saturated heterocycles. The Bertz CT molecular complexity index is 986. The highest BCUT2D eigenvalue weighted by atomic mass is 16.6. The van der Waals surface area contributed by atoms with Gasteiger partial charge >= 0.3 is 6.09 Å². The van der Waals surface area contributed by atoms with Crippen molar-refractivity contribution in [2.45, 2.75) is 96.0 Å². The van der Waals surface area contributed by atoms with Crippen LogP contribution in [0.4, 0.5) is 4.79 Å². The second-order valence-electron chi connectivity index (χ2n) is 12.6. The molecule has 3 aliphatic rings. The number of rotatable bonds is 10. The zero-order valence-corrected chi connectivity index (χ0v) is 24.9. The van der Waals surface area contributed by atoms with Gasteiger partial charge in [0.25, 0.3) is 0 Å². The van der Waals surface area contributed by atoms with Crippen molar-refractivity contribution in [3.8, 4) is 0 Å². The van der Waals surface area contributed by atoms with E-state index in [-0.39, 0.29) is 31.9 Å². The van der Waals surface area contributed by atoms with Gasteiger partial charge in [0, 0.05) is 32.3 Å². The minimum atomic E-state index is -0.875. The third-order valence-electron chi connectivity index (χ3n) is 7.99. The predicted molar refractivity (Wildman–Crippen MR) is 155 cm³/mol. The van der Waals surface area contributed by atoms with Gasteiger partial charge in [-0.15, -0.1) is 0 Å². The number of carbonyl (C=O) groups excluding carboxylic acids is 3. The van der Waals surface area contributed by atoms with E-state index in [2.05, 4.69) is 39.8 Å². The van der Waals surface area contributed by atoms with Crippen LogP contribution in [-0.4, -0.2) is 91.1 Å². The summed E-state index contributed by atoms with van der Waals surface area (Å²) in [5.74, 6) is -0.221. The Labute approximate surface area is 244 Å². The molecule has 41 heavy (non-hydrogen) atoms. The molecule has 10 nitrogen and oxygen atoms in total. The molecular weight excluding hydrogens is 524 g/mol. The lowest BCUT2D eigenvalue weighted by Crippen LogP contribution is -2.57. The van der Waals surface area contributed by atoms with Crippen LogP contribution in [0.15, 0.2) is 30.3 Å². The maximum Gasteiger partial charge on any atom is 0.412 e. The first-order valence-corrected chi connectivity index (χ1v) is 15.2. The topological polar surface area (TPSA) is 109 Å². The number of carbonyl (C=O) groups is 3. The second kappa shape index (κ2) is 15.0. The van der Waals surface area contributed by atoms with Gasteiger partial charge in [-0.2, -0.15) is 0 Å². The summed E-state index contributed by atoms with van der Waals surface area (Å²) in [6, 6.07) is 8.68. The normalized spacial score (nSPS) is 21.8. The maximum atomic E-state index is 13.5. The molecule has 1 unspecified atom stereocenters. The van der Waals surface area contributed by atoms with Gasteiger partial charge in [0.1, 0.15) is 24.4 Å². The summed E-state index contributed by atoms with van der Waals surface area (Å²) in [6.45, 7) is 8.65. The Morgan fingerprint density at radius 1 is 1.02 bits per heavy atom. The molecule has 0 aromatic heterocycles. The van der Waals surface area contributed by atoms with Crippen LogP contribution in [0.2, 0.25) is 0 Å². The molecule has 1 aliphatic carbocycles. The lowest BCUT2D eigenvalue weighted by molar-refractivity contribution is -0.133. The number of benzene rings is 1. The zero-order chi connectivity index (χ0) is 29.2. The van der Waals surface area contributed by atoms with E-state index in [0.29, 0.717) is 12.5 Å². The summed E-state index contributed by atoms with van der Waals surface area (Å²) in [6.07, 6.45) is 7.01. The summed E-state index contributed by atoms with van der Waals surface area (Å²) in [5, 5.41) is 6.02. The van der Waals surface area contributed by atoms with Gasteiger partial charge in [0.05, 0.1) is 13.2 Å². The maximum absolute atomic E-state index is 13.5. The number of nitrogens with zero attached hydrogens (tertiary/aromatic N) is 2. The number of hydrogen-bond donors (Lipinski definition) is 2. The Hall–Kier alpha value is -2.69. The van der Waals surface area contributed by atoms with Gasteiger partial charge in [-0.1, -0.05) is 49.6 Å². The molecule has 2 aliphatic heterocycles. The number of nitrogens with one attached hydrogen (secondary N) is 2. The molecule has 2 N–H and O–H groups in total. The van der Waals surface area contributed by atoms with Crippen molar-refractivity contribution in [3.05, 3.63) is 35.9 Å². The molecule has 228 valence electrons. The van der Waals surface area contributed by atoms with E-state index < -0.39 is 29.7 Å². The molecule has 1 aromatic carbocycles. The number of piperidine rings is 1. The molecule has 0 radical (unpaired) electrons. The van der Waals surface area contributed by atoms with E-state index >= 15 is 0 Å². The SMILES string of the molecule is CC(C)(C)OC(=O)N1COC[C@H]1C(=O)NC(COCC1CCCCC1)C(=O)NC1CCN(Cc2ccccc2)CC1. The molecule has 3 amide bonds. The molecule has 1 aromatic rings. The first-order chi connectivity index (χ1) is 19.7. The van der Waals surface area contributed by atoms with Crippen molar-refractivity contribution >= 4 is 17.9 Å². The molecule has 1 saturated carbocycles. The zero-order valence-electron chi connectivity index (χ0n) is 24.9. The number of hydrogen-bond acceptors (Lipinski definition) is 7. The summed E-state index contributed by atoms with van der Waals surface area (Å²) >= 11 is 0. The van der Waals surface area contributed by atoms with E-state index in [0.717, 1.165) is 45.3 Å². The minimum absolute atomic E-state index is 0.0281. The van der Waals surface area contributed by atoms with Gasteiger partial charge < -0.3 is 24.8 Å². The van der Waals surface area contributed by atoms with Gasteiger partial charge in [-0.05, 0) is 57.9 Å². The quantitative estimate of drug-likeness (QED) is 0.442. The summed E-state index contributed by atoms with van der Waals surface area (Å²) in [5.41, 5.74) is 0.580. The third-order valence-corrected chi connectivity index (χ3v) is 7.99. The molecular formula is C31H48N4O6. The van der Waals surface area contributed by atoms with E-state index in [1.807, 2.05) is 6.07 Å². The smallest absolute Gasteiger partial charge is 0.412 e. The second-order valence-corrected chi connectivity index (χ2v) is 12.6. The van der Waals surface area contributed by atoms with Crippen molar-refractivity contribution in [2.75, 3.05) is 39.6 Å². The van der Waals surface area contributed by atoms with Crippen LogP contribution < -0.4 is 10.6 Å². The Kier molecular flexibility index (Phi) is 11.4. The van der Waals surface area contributed by atoms with Crippen molar-refractivity contribution in [3.63, 3.8) is 0 Å². The Morgan fingerprint density at radius 2 is 1.73 bits per heavy atom. The molecule has 0 bridgehead atoms. The fraction of sp³-hybridized carbons (Fsp3) is 0.710. The van der Waals surface area contributed by atoms with Crippen LogP contribution in [0, 0.1) is 5.92 Å². The largest absolute Gasteiger partial charge is 0.444 e. The average molecular weight is 573 g/mol. The first kappa shape index (κ1) is 31.3. The van der Waals surface area contributed by atoms with Crippen LogP contribution in [0.25, 0.3) is 0 Å². The average Bonchev–Trinajstić information content (AvgIpc) is 3.44. The molecule has 0 spiro atoms. The fourth-order valence-electron chi connectivity index (χ4n) is 5.70. The molecule has 2 atom stereocenters. The van der Waals surface area contributed by atoms with Crippen molar-refractivity contribution in [2.24, 2.45) is 5.92 Å². The van der Waals surface area contributed by atoms with Crippen LogP contribution in [0.5, 0.6) is 0 Å². The summed E-state index contributed by atoms with van der Waals surface area (Å²) < 4.78 is 16.9. The van der Waals surface area contributed by atoms with E-state index in [9.17, 15) is 14.4 Å². The highest BCUT2D eigenvalue weighted by molar-refractivity contribution is 5.91. The standard InChI is InChI=1S/C31H48N4O6/c1-31(2,3)41-30(38)35-22-40-21-27(35)29(37)33-26(20-39-19-24-12-8-5-9-13-24)28(36)32-25-14-16-34(17-15-25)18-23-10-6-4-7-11-23/h4,6-7,10-11,24-27H,5,8-9,12-22H2,1-3H3,(H,32,36)(H,33,37)/t26?,27-/m0/s1. The van der Waals surface area contributed by atoms with Crippen LogP contribution >= 0.6 is 0 Å². The highest BCUT2D eigenvalue weighted by Gasteiger charge is 2.39. The van der Waals surface area contributed by atoms with Crippen molar-refractivity contribution in [1.82, 2.24) is 20.4 Å². The molecule has 4 rings (SSSR count). The van der Waals surface area contributed by atoms with E-state index in [4.69, 9.17) is 14.2 Å². The number of ether oxygens (including phenoxy) is 3.